The standard InChI is InChI=1S/C23H28N8O3S/c1-35(32,33)30-7-5-28(6-8-30)16-17-14-25-31-21(18-3-2-4-20-19(18)15-24-27-20)13-22(26-23(17)31)29-9-11-34-12-10-29/h2-4,13-15H,5-12,16H2,1H3,(H,24,27). The molecule has 11 nitrogen and oxygen atoms in total. The molecule has 6 rings (SSSR count). The molecule has 2 aliphatic heterocycles. The van der Waals surface area contributed by atoms with E-state index in [1.807, 2.05) is 29.0 Å². The number of hydrogen-bond acceptors (Lipinski definition) is 8. The first-order valence-corrected chi connectivity index (χ1v) is 13.6. The van der Waals surface area contributed by atoms with Gasteiger partial charge >= 0.3 is 0 Å². The molecule has 3 aromatic heterocycles. The minimum Gasteiger partial charge on any atom is -0.378 e. The Kier molecular flexibility index (Phi) is 5.67. The van der Waals surface area contributed by atoms with Crippen LogP contribution >= 0.6 is 0 Å². The highest BCUT2D eigenvalue weighted by molar-refractivity contribution is 7.88. The first-order valence-electron chi connectivity index (χ1n) is 11.8. The van der Waals surface area contributed by atoms with Gasteiger partial charge in [0.25, 0.3) is 0 Å². The zero-order valence-electron chi connectivity index (χ0n) is 19.6. The Morgan fingerprint density at radius 1 is 1.06 bits per heavy atom. The number of H-pyrrole nitrogens is 1. The minimum absolute atomic E-state index is 0.498. The van der Waals surface area contributed by atoms with Crippen molar-refractivity contribution in [3.63, 3.8) is 0 Å². The van der Waals surface area contributed by atoms with Gasteiger partial charge in [0.15, 0.2) is 5.65 Å². The van der Waals surface area contributed by atoms with Crippen LogP contribution in [0.3, 0.4) is 0 Å². The van der Waals surface area contributed by atoms with Crippen LogP contribution in [-0.4, -0.2) is 101 Å². The maximum absolute atomic E-state index is 11.9. The van der Waals surface area contributed by atoms with Crippen molar-refractivity contribution in [3.05, 3.63) is 42.2 Å². The lowest BCUT2D eigenvalue weighted by atomic mass is 10.1. The fourth-order valence-corrected chi connectivity index (χ4v) is 5.73. The maximum Gasteiger partial charge on any atom is 0.211 e. The molecule has 0 atom stereocenters. The zero-order chi connectivity index (χ0) is 24.0. The van der Waals surface area contributed by atoms with Gasteiger partial charge in [-0.1, -0.05) is 12.1 Å². The molecule has 0 unspecified atom stereocenters. The number of nitrogens with zero attached hydrogens (tertiary/aromatic N) is 7. The Hall–Kier alpha value is -3.06. The minimum atomic E-state index is -3.16. The van der Waals surface area contributed by atoms with Gasteiger partial charge in [0.05, 0.1) is 43.1 Å². The molecule has 184 valence electrons. The molecule has 5 heterocycles. The summed E-state index contributed by atoms with van der Waals surface area (Å²) in [4.78, 5) is 9.56. The fourth-order valence-electron chi connectivity index (χ4n) is 4.91. The SMILES string of the molecule is CS(=O)(=O)N1CCN(Cc2cnn3c(-c4cccc5[nH]ncc45)cc(N4CCOCC4)nc23)CC1. The van der Waals surface area contributed by atoms with Crippen LogP contribution in [0.4, 0.5) is 5.82 Å². The topological polar surface area (TPSA) is 112 Å². The molecule has 0 saturated carbocycles. The van der Waals surface area contributed by atoms with Crippen LogP contribution in [0, 0.1) is 0 Å². The molecule has 1 aromatic carbocycles. The smallest absolute Gasteiger partial charge is 0.211 e. The van der Waals surface area contributed by atoms with E-state index in [0.29, 0.717) is 45.9 Å². The molecule has 0 radical (unpaired) electrons. The predicted octanol–water partition coefficient (Wildman–Crippen LogP) is 1.19. The normalized spacial score (nSPS) is 18.6. The number of sulfonamides is 1. The van der Waals surface area contributed by atoms with Gasteiger partial charge in [0.1, 0.15) is 5.82 Å². The predicted molar refractivity (Wildman–Crippen MR) is 133 cm³/mol. The van der Waals surface area contributed by atoms with Gasteiger partial charge in [-0.05, 0) is 6.07 Å². The van der Waals surface area contributed by atoms with E-state index in [1.54, 1.807) is 0 Å². The average molecular weight is 497 g/mol. The number of aromatic nitrogens is 5. The van der Waals surface area contributed by atoms with Crippen LogP contribution in [0.2, 0.25) is 0 Å². The number of hydrogen-bond donors (Lipinski definition) is 1. The third-order valence-electron chi connectivity index (χ3n) is 6.82. The second kappa shape index (κ2) is 8.86. The molecule has 2 fully saturated rings. The lowest BCUT2D eigenvalue weighted by Crippen LogP contribution is -2.47. The van der Waals surface area contributed by atoms with Gasteiger partial charge in [-0.15, -0.1) is 0 Å². The molecule has 0 aliphatic carbocycles. The molecule has 35 heavy (non-hydrogen) atoms. The second-order valence-corrected chi connectivity index (χ2v) is 11.1. The van der Waals surface area contributed by atoms with Gasteiger partial charge in [-0.2, -0.15) is 14.5 Å². The van der Waals surface area contributed by atoms with E-state index in [-0.39, 0.29) is 0 Å². The summed E-state index contributed by atoms with van der Waals surface area (Å²) in [7, 11) is -3.16. The van der Waals surface area contributed by atoms with E-state index in [2.05, 4.69) is 32.1 Å². The van der Waals surface area contributed by atoms with Crippen LogP contribution in [0.25, 0.3) is 27.8 Å². The Bertz CT molecular complexity index is 1470. The average Bonchev–Trinajstić information content (AvgIpc) is 3.51. The van der Waals surface area contributed by atoms with Gasteiger partial charge in [0, 0.05) is 68.4 Å². The van der Waals surface area contributed by atoms with Gasteiger partial charge in [-0.3, -0.25) is 10.00 Å². The summed E-state index contributed by atoms with van der Waals surface area (Å²) in [5.74, 6) is 0.903. The Morgan fingerprint density at radius 3 is 2.63 bits per heavy atom. The number of aromatic amines is 1. The summed E-state index contributed by atoms with van der Waals surface area (Å²) < 4.78 is 32.8. The van der Waals surface area contributed by atoms with E-state index in [0.717, 1.165) is 52.3 Å². The summed E-state index contributed by atoms with van der Waals surface area (Å²) in [5, 5.41) is 13.1. The molecule has 2 aliphatic rings. The number of anilines is 1. The van der Waals surface area contributed by atoms with Crippen molar-refractivity contribution < 1.29 is 13.2 Å². The zero-order valence-corrected chi connectivity index (χ0v) is 20.4. The van der Waals surface area contributed by atoms with Crippen molar-refractivity contribution in [1.82, 2.24) is 34.0 Å². The second-order valence-electron chi connectivity index (χ2n) is 9.08. The van der Waals surface area contributed by atoms with E-state index >= 15 is 0 Å². The van der Waals surface area contributed by atoms with E-state index in [1.165, 1.54) is 10.6 Å². The molecule has 0 amide bonds. The highest BCUT2D eigenvalue weighted by Crippen LogP contribution is 2.31. The van der Waals surface area contributed by atoms with Crippen molar-refractivity contribution in [2.45, 2.75) is 6.54 Å². The summed E-state index contributed by atoms with van der Waals surface area (Å²) >= 11 is 0. The summed E-state index contributed by atoms with van der Waals surface area (Å²) in [5.41, 5.74) is 4.80. The van der Waals surface area contributed by atoms with Crippen molar-refractivity contribution in [2.75, 3.05) is 63.6 Å². The maximum atomic E-state index is 11.9. The van der Waals surface area contributed by atoms with E-state index in [9.17, 15) is 8.42 Å². The highest BCUT2D eigenvalue weighted by atomic mass is 32.2. The number of fused-ring (bicyclic) bond motifs is 2. The van der Waals surface area contributed by atoms with Crippen molar-refractivity contribution in [3.8, 4) is 11.3 Å². The van der Waals surface area contributed by atoms with E-state index in [4.69, 9.17) is 14.8 Å². The van der Waals surface area contributed by atoms with Crippen molar-refractivity contribution in [1.29, 1.82) is 0 Å². The first-order chi connectivity index (χ1) is 17.0. The first kappa shape index (κ1) is 22.4. The number of morpholine rings is 1. The number of benzene rings is 1. The van der Waals surface area contributed by atoms with Crippen LogP contribution in [0.15, 0.2) is 36.7 Å². The van der Waals surface area contributed by atoms with Gasteiger partial charge in [-0.25, -0.2) is 17.9 Å². The van der Waals surface area contributed by atoms with Gasteiger partial charge < -0.3 is 9.64 Å². The third kappa shape index (κ3) is 4.27. The van der Waals surface area contributed by atoms with Crippen LogP contribution in [0.1, 0.15) is 5.56 Å². The van der Waals surface area contributed by atoms with Gasteiger partial charge in [0.2, 0.25) is 10.0 Å². The number of rotatable bonds is 5. The third-order valence-corrected chi connectivity index (χ3v) is 8.12. The molecule has 0 bridgehead atoms. The summed E-state index contributed by atoms with van der Waals surface area (Å²) in [6, 6.07) is 8.21. The van der Waals surface area contributed by atoms with Crippen LogP contribution in [-0.2, 0) is 21.3 Å². The Morgan fingerprint density at radius 2 is 1.86 bits per heavy atom. The lowest BCUT2D eigenvalue weighted by molar-refractivity contribution is 0.122. The molecular weight excluding hydrogens is 468 g/mol. The van der Waals surface area contributed by atoms with Crippen LogP contribution < -0.4 is 4.90 Å². The fraction of sp³-hybridized carbons (Fsp3) is 0.435. The van der Waals surface area contributed by atoms with Crippen LogP contribution in [0.5, 0.6) is 0 Å². The molecule has 1 N–H and O–H groups in total. The molecular formula is C23H28N8O3S. The van der Waals surface area contributed by atoms with E-state index < -0.39 is 10.0 Å². The highest BCUT2D eigenvalue weighted by Gasteiger charge is 2.25. The number of ether oxygens (including phenoxy) is 1. The monoisotopic (exact) mass is 496 g/mol. The molecule has 4 aromatic rings. The molecule has 0 spiro atoms. The summed E-state index contributed by atoms with van der Waals surface area (Å²) in [6.45, 7) is 5.94. The molecule has 12 heteroatoms. The lowest BCUT2D eigenvalue weighted by Gasteiger charge is -2.33. The molecule has 2 saturated heterocycles. The Balaban J connectivity index is 1.40. The van der Waals surface area contributed by atoms with Crippen molar-refractivity contribution in [2.24, 2.45) is 0 Å². The Labute approximate surface area is 203 Å². The quantitative estimate of drug-likeness (QED) is 0.439. The largest absolute Gasteiger partial charge is 0.378 e. The number of piperazine rings is 1. The van der Waals surface area contributed by atoms with Crippen molar-refractivity contribution >= 4 is 32.4 Å². The summed E-state index contributed by atoms with van der Waals surface area (Å²) in [6.07, 6.45) is 5.00. The number of nitrogens with one attached hydrogen (secondary N) is 1.